The molecule has 0 aromatic heterocycles. The van der Waals surface area contributed by atoms with Gasteiger partial charge < -0.3 is 10.6 Å². The number of halogens is 1. The van der Waals surface area contributed by atoms with Crippen molar-refractivity contribution in [2.75, 3.05) is 13.6 Å². The number of hydrogen-bond acceptors (Lipinski definition) is 2. The fraction of sp³-hybridized carbons (Fsp3) is 0.667. The number of rotatable bonds is 5. The summed E-state index contributed by atoms with van der Waals surface area (Å²) in [7, 11) is 2.18. The Hall–Kier alpha value is -0.930. The molecule has 116 valence electrons. The molecule has 2 aliphatic carbocycles. The molecular weight excluding hydrogens is 263 g/mol. The highest BCUT2D eigenvalue weighted by atomic mass is 19.1. The van der Waals surface area contributed by atoms with Gasteiger partial charge in [0.05, 0.1) is 0 Å². The molecule has 0 heterocycles. The second-order valence-electron chi connectivity index (χ2n) is 7.19. The minimum Gasteiger partial charge on any atom is -0.323 e. The van der Waals surface area contributed by atoms with Gasteiger partial charge in [-0.15, -0.1) is 0 Å². The summed E-state index contributed by atoms with van der Waals surface area (Å²) in [5.74, 6) is 2.60. The van der Waals surface area contributed by atoms with Crippen LogP contribution in [0.5, 0.6) is 0 Å². The largest absolute Gasteiger partial charge is 0.323 e. The van der Waals surface area contributed by atoms with Gasteiger partial charge >= 0.3 is 0 Å². The van der Waals surface area contributed by atoms with E-state index >= 15 is 0 Å². The van der Waals surface area contributed by atoms with E-state index in [0.717, 1.165) is 29.9 Å². The van der Waals surface area contributed by atoms with E-state index < -0.39 is 0 Å². The first-order valence-electron chi connectivity index (χ1n) is 8.26. The standard InChI is InChI=1S/C18H27FN2/c1-12(18(20)14-5-7-17(19)8-6-14)21(2)11-16-10-13-3-4-15(16)9-13/h5-8,12-13,15-16,18H,3-4,9-11,20H2,1-2H3. The van der Waals surface area contributed by atoms with Crippen LogP contribution in [0.1, 0.15) is 44.2 Å². The zero-order chi connectivity index (χ0) is 15.0. The van der Waals surface area contributed by atoms with Gasteiger partial charge in [0.2, 0.25) is 0 Å². The van der Waals surface area contributed by atoms with Crippen LogP contribution < -0.4 is 5.73 Å². The van der Waals surface area contributed by atoms with Crippen molar-refractivity contribution in [2.45, 2.75) is 44.7 Å². The van der Waals surface area contributed by atoms with Crippen LogP contribution in [0, 0.1) is 23.6 Å². The molecule has 0 amide bonds. The molecule has 0 aliphatic heterocycles. The molecule has 2 bridgehead atoms. The molecule has 0 saturated heterocycles. The molecular formula is C18H27FN2. The van der Waals surface area contributed by atoms with Gasteiger partial charge in [-0.3, -0.25) is 0 Å². The molecule has 5 atom stereocenters. The third-order valence-electron chi connectivity index (χ3n) is 5.88. The monoisotopic (exact) mass is 290 g/mol. The second-order valence-corrected chi connectivity index (χ2v) is 7.19. The van der Waals surface area contributed by atoms with E-state index in [0.29, 0.717) is 0 Å². The van der Waals surface area contributed by atoms with Crippen molar-refractivity contribution >= 4 is 0 Å². The van der Waals surface area contributed by atoms with Gasteiger partial charge in [0, 0.05) is 18.6 Å². The van der Waals surface area contributed by atoms with Gasteiger partial charge in [0.1, 0.15) is 5.82 Å². The van der Waals surface area contributed by atoms with E-state index in [1.54, 1.807) is 0 Å². The van der Waals surface area contributed by atoms with Gasteiger partial charge in [-0.25, -0.2) is 4.39 Å². The summed E-state index contributed by atoms with van der Waals surface area (Å²) >= 11 is 0. The first-order chi connectivity index (χ1) is 10.0. The number of nitrogens with two attached hydrogens (primary N) is 1. The maximum Gasteiger partial charge on any atom is 0.123 e. The summed E-state index contributed by atoms with van der Waals surface area (Å²) in [4.78, 5) is 2.40. The Kier molecular flexibility index (Phi) is 4.32. The smallest absolute Gasteiger partial charge is 0.123 e. The van der Waals surface area contributed by atoms with Gasteiger partial charge in [0.15, 0.2) is 0 Å². The molecule has 2 fully saturated rings. The zero-order valence-electron chi connectivity index (χ0n) is 13.1. The summed E-state index contributed by atoms with van der Waals surface area (Å²) in [6.45, 7) is 3.33. The Morgan fingerprint density at radius 3 is 2.52 bits per heavy atom. The van der Waals surface area contributed by atoms with Crippen molar-refractivity contribution in [3.05, 3.63) is 35.6 Å². The molecule has 0 radical (unpaired) electrons. The zero-order valence-corrected chi connectivity index (χ0v) is 13.1. The van der Waals surface area contributed by atoms with E-state index in [-0.39, 0.29) is 17.9 Å². The van der Waals surface area contributed by atoms with Crippen LogP contribution >= 0.6 is 0 Å². The van der Waals surface area contributed by atoms with Crippen LogP contribution in [-0.4, -0.2) is 24.5 Å². The third kappa shape index (κ3) is 3.14. The highest BCUT2D eigenvalue weighted by molar-refractivity contribution is 5.20. The minimum absolute atomic E-state index is 0.0609. The van der Waals surface area contributed by atoms with E-state index in [4.69, 9.17) is 5.73 Å². The lowest BCUT2D eigenvalue weighted by Crippen LogP contribution is -2.41. The molecule has 3 rings (SSSR count). The van der Waals surface area contributed by atoms with Crippen LogP contribution in [0.3, 0.4) is 0 Å². The molecule has 2 saturated carbocycles. The molecule has 21 heavy (non-hydrogen) atoms. The van der Waals surface area contributed by atoms with Crippen molar-refractivity contribution in [2.24, 2.45) is 23.5 Å². The van der Waals surface area contributed by atoms with Crippen LogP contribution in [0.25, 0.3) is 0 Å². The lowest BCUT2D eigenvalue weighted by molar-refractivity contribution is 0.164. The van der Waals surface area contributed by atoms with Crippen molar-refractivity contribution in [1.82, 2.24) is 4.90 Å². The quantitative estimate of drug-likeness (QED) is 0.898. The van der Waals surface area contributed by atoms with Gasteiger partial charge in [-0.1, -0.05) is 18.6 Å². The number of nitrogens with zero attached hydrogens (tertiary/aromatic N) is 1. The maximum atomic E-state index is 13.0. The summed E-state index contributed by atoms with van der Waals surface area (Å²) in [5, 5.41) is 0. The van der Waals surface area contributed by atoms with E-state index in [1.165, 1.54) is 37.8 Å². The molecule has 1 aromatic carbocycles. The van der Waals surface area contributed by atoms with Crippen molar-refractivity contribution in [1.29, 1.82) is 0 Å². The molecule has 2 N–H and O–H groups in total. The molecule has 5 unspecified atom stereocenters. The number of fused-ring (bicyclic) bond motifs is 2. The summed E-state index contributed by atoms with van der Waals surface area (Å²) in [5.41, 5.74) is 7.39. The van der Waals surface area contributed by atoms with Crippen LogP contribution in [0.15, 0.2) is 24.3 Å². The van der Waals surface area contributed by atoms with E-state index in [2.05, 4.69) is 18.9 Å². The molecule has 1 aromatic rings. The Balaban J connectivity index is 1.58. The first-order valence-corrected chi connectivity index (χ1v) is 8.26. The Bertz CT molecular complexity index is 473. The van der Waals surface area contributed by atoms with Crippen LogP contribution in [-0.2, 0) is 0 Å². The number of hydrogen-bond donors (Lipinski definition) is 1. The molecule has 2 nitrogen and oxygen atoms in total. The first kappa shape index (κ1) is 15.0. The van der Waals surface area contributed by atoms with Gasteiger partial charge in [-0.2, -0.15) is 0 Å². The van der Waals surface area contributed by atoms with Crippen LogP contribution in [0.2, 0.25) is 0 Å². The molecule has 2 aliphatic rings. The molecule has 0 spiro atoms. The average Bonchev–Trinajstić information content (AvgIpc) is 3.09. The Morgan fingerprint density at radius 1 is 1.24 bits per heavy atom. The van der Waals surface area contributed by atoms with Crippen molar-refractivity contribution in [3.63, 3.8) is 0 Å². The predicted octanol–water partition coefficient (Wildman–Crippen LogP) is 3.58. The third-order valence-corrected chi connectivity index (χ3v) is 5.88. The lowest BCUT2D eigenvalue weighted by Gasteiger charge is -2.34. The summed E-state index contributed by atoms with van der Waals surface area (Å²) in [6.07, 6.45) is 5.75. The minimum atomic E-state index is -0.200. The lowest BCUT2D eigenvalue weighted by atomic mass is 9.88. The number of benzene rings is 1. The summed E-state index contributed by atoms with van der Waals surface area (Å²) in [6, 6.07) is 6.82. The Labute approximate surface area is 127 Å². The fourth-order valence-corrected chi connectivity index (χ4v) is 4.37. The van der Waals surface area contributed by atoms with E-state index in [9.17, 15) is 4.39 Å². The SMILES string of the molecule is CC(C(N)c1ccc(F)cc1)N(C)CC1CC2CCC1C2. The number of likely N-dealkylation sites (N-methyl/N-ethyl adjacent to an activating group) is 1. The topological polar surface area (TPSA) is 29.3 Å². The molecule has 3 heteroatoms. The average molecular weight is 290 g/mol. The Morgan fingerprint density at radius 2 is 1.95 bits per heavy atom. The second kappa shape index (κ2) is 6.05. The fourth-order valence-electron chi connectivity index (χ4n) is 4.37. The van der Waals surface area contributed by atoms with Crippen molar-refractivity contribution < 1.29 is 4.39 Å². The van der Waals surface area contributed by atoms with Gasteiger partial charge in [0.25, 0.3) is 0 Å². The predicted molar refractivity (Wildman–Crippen MR) is 84.4 cm³/mol. The van der Waals surface area contributed by atoms with Gasteiger partial charge in [-0.05, 0) is 68.7 Å². The summed E-state index contributed by atoms with van der Waals surface area (Å²) < 4.78 is 13.0. The normalized spacial score (nSPS) is 30.8. The van der Waals surface area contributed by atoms with E-state index in [1.807, 2.05) is 12.1 Å². The highest BCUT2D eigenvalue weighted by Gasteiger charge is 2.40. The van der Waals surface area contributed by atoms with Crippen molar-refractivity contribution in [3.8, 4) is 0 Å². The highest BCUT2D eigenvalue weighted by Crippen LogP contribution is 2.48. The van der Waals surface area contributed by atoms with Crippen LogP contribution in [0.4, 0.5) is 4.39 Å². The maximum absolute atomic E-state index is 13.0.